The minimum absolute atomic E-state index is 0.00537. The molecule has 120 valence electrons. The Morgan fingerprint density at radius 2 is 2.09 bits per heavy atom. The fourth-order valence-electron chi connectivity index (χ4n) is 2.43. The van der Waals surface area contributed by atoms with Gasteiger partial charge in [-0.05, 0) is 49.4 Å². The Morgan fingerprint density at radius 1 is 1.36 bits per heavy atom. The Kier molecular flexibility index (Phi) is 5.77. The zero-order chi connectivity index (χ0) is 15.9. The summed E-state index contributed by atoms with van der Waals surface area (Å²) in [6.45, 7) is 2.92. The predicted molar refractivity (Wildman–Crippen MR) is 81.1 cm³/mol. The maximum atomic E-state index is 12.1. The van der Waals surface area contributed by atoms with Crippen molar-refractivity contribution in [2.75, 3.05) is 25.1 Å². The molecule has 1 fully saturated rings. The molecule has 6 nitrogen and oxygen atoms in total. The summed E-state index contributed by atoms with van der Waals surface area (Å²) in [7, 11) is 0. The lowest BCUT2D eigenvalue weighted by Crippen LogP contribution is -2.22. The highest BCUT2D eigenvalue weighted by Gasteiger charge is 2.17. The van der Waals surface area contributed by atoms with Crippen LogP contribution < -0.4 is 10.1 Å². The number of ether oxygens (including phenoxy) is 2. The van der Waals surface area contributed by atoms with Crippen molar-refractivity contribution in [3.63, 3.8) is 0 Å². The molecule has 0 bridgehead atoms. The van der Waals surface area contributed by atoms with E-state index >= 15 is 0 Å². The standard InChI is InChI=1S/C16H21NO5/c1-11-8-13(22-10-16(19)20)2-3-14(11)17-15(18)9-12-4-6-21-7-5-12/h2-3,8,12H,4-7,9-10H2,1H3,(H,17,18)(H,19,20). The van der Waals surface area contributed by atoms with E-state index < -0.39 is 5.97 Å². The monoisotopic (exact) mass is 307 g/mol. The molecule has 1 aliphatic heterocycles. The van der Waals surface area contributed by atoms with Gasteiger partial charge in [0.1, 0.15) is 5.75 Å². The summed E-state index contributed by atoms with van der Waals surface area (Å²) in [4.78, 5) is 22.5. The molecule has 1 aromatic rings. The van der Waals surface area contributed by atoms with Crippen molar-refractivity contribution in [3.8, 4) is 5.75 Å². The van der Waals surface area contributed by atoms with E-state index in [0.29, 0.717) is 18.1 Å². The van der Waals surface area contributed by atoms with E-state index in [4.69, 9.17) is 14.6 Å². The molecule has 1 aromatic carbocycles. The number of carboxylic acid groups (broad SMARTS) is 1. The molecule has 1 amide bonds. The second kappa shape index (κ2) is 7.79. The molecule has 0 aliphatic carbocycles. The van der Waals surface area contributed by atoms with Crippen LogP contribution in [-0.4, -0.2) is 36.8 Å². The van der Waals surface area contributed by atoms with E-state index in [9.17, 15) is 9.59 Å². The fourth-order valence-corrected chi connectivity index (χ4v) is 2.43. The van der Waals surface area contributed by atoms with Crippen molar-refractivity contribution in [3.05, 3.63) is 23.8 Å². The molecule has 2 N–H and O–H groups in total. The van der Waals surface area contributed by atoms with Crippen LogP contribution >= 0.6 is 0 Å². The zero-order valence-electron chi connectivity index (χ0n) is 12.6. The molecule has 1 saturated heterocycles. The summed E-state index contributed by atoms with van der Waals surface area (Å²) in [6.07, 6.45) is 2.35. The van der Waals surface area contributed by atoms with Gasteiger partial charge in [-0.1, -0.05) is 0 Å². The van der Waals surface area contributed by atoms with Gasteiger partial charge in [0.2, 0.25) is 5.91 Å². The summed E-state index contributed by atoms with van der Waals surface area (Å²) in [6, 6.07) is 5.10. The third-order valence-electron chi connectivity index (χ3n) is 3.65. The van der Waals surface area contributed by atoms with Crippen LogP contribution in [0.25, 0.3) is 0 Å². The highest BCUT2D eigenvalue weighted by molar-refractivity contribution is 5.91. The number of hydrogen-bond acceptors (Lipinski definition) is 4. The molecular weight excluding hydrogens is 286 g/mol. The van der Waals surface area contributed by atoms with Crippen molar-refractivity contribution in [2.24, 2.45) is 5.92 Å². The van der Waals surface area contributed by atoms with Gasteiger partial charge in [-0.15, -0.1) is 0 Å². The Labute approximate surface area is 129 Å². The van der Waals surface area contributed by atoms with Gasteiger partial charge in [-0.2, -0.15) is 0 Å². The van der Waals surface area contributed by atoms with Crippen molar-refractivity contribution < 1.29 is 24.2 Å². The molecule has 0 spiro atoms. The molecule has 0 radical (unpaired) electrons. The van der Waals surface area contributed by atoms with Gasteiger partial charge in [0, 0.05) is 25.3 Å². The lowest BCUT2D eigenvalue weighted by Gasteiger charge is -2.21. The SMILES string of the molecule is Cc1cc(OCC(=O)O)ccc1NC(=O)CC1CCOCC1. The Balaban J connectivity index is 1.88. The number of benzene rings is 1. The summed E-state index contributed by atoms with van der Waals surface area (Å²) in [5.41, 5.74) is 1.56. The van der Waals surface area contributed by atoms with E-state index in [-0.39, 0.29) is 12.5 Å². The number of carbonyl (C=O) groups excluding carboxylic acids is 1. The summed E-state index contributed by atoms with van der Waals surface area (Å²) < 4.78 is 10.4. The maximum absolute atomic E-state index is 12.1. The van der Waals surface area contributed by atoms with E-state index in [1.54, 1.807) is 18.2 Å². The van der Waals surface area contributed by atoms with Crippen LogP contribution in [0.2, 0.25) is 0 Å². The minimum atomic E-state index is -1.02. The van der Waals surface area contributed by atoms with Crippen molar-refractivity contribution in [1.82, 2.24) is 0 Å². The van der Waals surface area contributed by atoms with Crippen molar-refractivity contribution in [1.29, 1.82) is 0 Å². The predicted octanol–water partition coefficient (Wildman–Crippen LogP) is 2.21. The largest absolute Gasteiger partial charge is 0.482 e. The Hall–Kier alpha value is -2.08. The first-order valence-corrected chi connectivity index (χ1v) is 7.37. The van der Waals surface area contributed by atoms with Crippen LogP contribution in [0.5, 0.6) is 5.75 Å². The smallest absolute Gasteiger partial charge is 0.341 e. The van der Waals surface area contributed by atoms with Crippen LogP contribution in [0.1, 0.15) is 24.8 Å². The highest BCUT2D eigenvalue weighted by atomic mass is 16.5. The van der Waals surface area contributed by atoms with E-state index in [1.807, 2.05) is 6.92 Å². The second-order valence-electron chi connectivity index (χ2n) is 5.47. The normalized spacial score (nSPS) is 15.3. The molecule has 0 unspecified atom stereocenters. The summed E-state index contributed by atoms with van der Waals surface area (Å²) >= 11 is 0. The number of aryl methyl sites for hydroxylation is 1. The van der Waals surface area contributed by atoms with E-state index in [2.05, 4.69) is 5.32 Å². The minimum Gasteiger partial charge on any atom is -0.482 e. The number of rotatable bonds is 6. The van der Waals surface area contributed by atoms with Gasteiger partial charge in [0.25, 0.3) is 0 Å². The molecule has 0 atom stereocenters. The highest BCUT2D eigenvalue weighted by Crippen LogP contribution is 2.23. The number of nitrogens with one attached hydrogen (secondary N) is 1. The van der Waals surface area contributed by atoms with Gasteiger partial charge in [-0.3, -0.25) is 4.79 Å². The van der Waals surface area contributed by atoms with Gasteiger partial charge in [-0.25, -0.2) is 4.79 Å². The van der Waals surface area contributed by atoms with Gasteiger partial charge in [0.15, 0.2) is 6.61 Å². The third kappa shape index (κ3) is 5.04. The number of anilines is 1. The molecule has 1 heterocycles. The van der Waals surface area contributed by atoms with Gasteiger partial charge < -0.3 is 19.9 Å². The average Bonchev–Trinajstić information content (AvgIpc) is 2.48. The Bertz CT molecular complexity index is 537. The number of amides is 1. The van der Waals surface area contributed by atoms with E-state index in [1.165, 1.54) is 0 Å². The average molecular weight is 307 g/mol. The molecule has 0 aromatic heterocycles. The number of hydrogen-bond donors (Lipinski definition) is 2. The number of aliphatic carboxylic acids is 1. The number of carboxylic acids is 1. The first-order valence-electron chi connectivity index (χ1n) is 7.37. The lowest BCUT2D eigenvalue weighted by molar-refractivity contribution is -0.139. The van der Waals surface area contributed by atoms with E-state index in [0.717, 1.165) is 37.3 Å². The first-order chi connectivity index (χ1) is 10.5. The van der Waals surface area contributed by atoms with Crippen molar-refractivity contribution >= 4 is 17.6 Å². The molecule has 6 heteroatoms. The van der Waals surface area contributed by atoms with Crippen LogP contribution in [0.15, 0.2) is 18.2 Å². The van der Waals surface area contributed by atoms with Crippen LogP contribution in [0.4, 0.5) is 5.69 Å². The van der Waals surface area contributed by atoms with Crippen LogP contribution in [0, 0.1) is 12.8 Å². The van der Waals surface area contributed by atoms with Gasteiger partial charge >= 0.3 is 5.97 Å². The lowest BCUT2D eigenvalue weighted by atomic mass is 9.96. The summed E-state index contributed by atoms with van der Waals surface area (Å²) in [5.74, 6) is -0.171. The first kappa shape index (κ1) is 16.3. The molecule has 22 heavy (non-hydrogen) atoms. The fraction of sp³-hybridized carbons (Fsp3) is 0.500. The van der Waals surface area contributed by atoms with Crippen LogP contribution in [0.3, 0.4) is 0 Å². The third-order valence-corrected chi connectivity index (χ3v) is 3.65. The Morgan fingerprint density at radius 3 is 2.73 bits per heavy atom. The topological polar surface area (TPSA) is 84.9 Å². The second-order valence-corrected chi connectivity index (χ2v) is 5.47. The van der Waals surface area contributed by atoms with Gasteiger partial charge in [0.05, 0.1) is 0 Å². The molecular formula is C16H21NO5. The zero-order valence-corrected chi connectivity index (χ0v) is 12.6. The van der Waals surface area contributed by atoms with Crippen LogP contribution in [-0.2, 0) is 14.3 Å². The quantitative estimate of drug-likeness (QED) is 0.841. The molecule has 1 aliphatic rings. The maximum Gasteiger partial charge on any atom is 0.341 e. The number of carbonyl (C=O) groups is 2. The molecule has 2 rings (SSSR count). The molecule has 0 saturated carbocycles. The summed E-state index contributed by atoms with van der Waals surface area (Å²) in [5, 5.41) is 11.5. The van der Waals surface area contributed by atoms with Crippen molar-refractivity contribution in [2.45, 2.75) is 26.2 Å².